The van der Waals surface area contributed by atoms with Gasteiger partial charge in [0.2, 0.25) is 0 Å². The number of rotatable bonds is 9. The Labute approximate surface area is 183 Å². The number of amides is 1. The second kappa shape index (κ2) is 10.0. The Balaban J connectivity index is 1.97. The van der Waals surface area contributed by atoms with E-state index in [4.69, 9.17) is 4.98 Å². The van der Waals surface area contributed by atoms with Crippen LogP contribution < -0.4 is 5.32 Å². The Morgan fingerprint density at radius 1 is 1.27 bits per heavy atom. The Bertz CT molecular complexity index is 1000. The Hall–Kier alpha value is -2.47. The smallest absolute Gasteiger partial charge is 0.253 e. The van der Waals surface area contributed by atoms with Crippen LogP contribution in [0.15, 0.2) is 29.8 Å². The first-order valence-electron chi connectivity index (χ1n) is 10.8. The summed E-state index contributed by atoms with van der Waals surface area (Å²) in [5, 5.41) is 6.13. The second-order valence-corrected chi connectivity index (χ2v) is 8.92. The first-order valence-corrected chi connectivity index (χ1v) is 11.7. The topological polar surface area (TPSA) is 59.8 Å². The van der Waals surface area contributed by atoms with Crippen molar-refractivity contribution in [3.8, 4) is 22.0 Å². The van der Waals surface area contributed by atoms with Crippen LogP contribution in [0.1, 0.15) is 62.3 Å². The van der Waals surface area contributed by atoms with Crippen molar-refractivity contribution >= 4 is 17.2 Å². The molecular formula is C24H32N4OS. The van der Waals surface area contributed by atoms with E-state index in [0.717, 1.165) is 64.7 Å². The van der Waals surface area contributed by atoms with Crippen molar-refractivity contribution < 1.29 is 4.79 Å². The fourth-order valence-corrected chi connectivity index (χ4v) is 4.22. The third-order valence-electron chi connectivity index (χ3n) is 5.21. The minimum Gasteiger partial charge on any atom is -0.352 e. The Morgan fingerprint density at radius 2 is 2.07 bits per heavy atom. The van der Waals surface area contributed by atoms with Crippen LogP contribution in [-0.4, -0.2) is 27.0 Å². The van der Waals surface area contributed by atoms with Crippen LogP contribution in [0.3, 0.4) is 0 Å². The van der Waals surface area contributed by atoms with Crippen LogP contribution in [0, 0.1) is 12.8 Å². The van der Waals surface area contributed by atoms with Gasteiger partial charge in [0.05, 0.1) is 17.0 Å². The lowest BCUT2D eigenvalue weighted by Gasteiger charge is -2.11. The Kier molecular flexibility index (Phi) is 7.43. The molecule has 1 amide bonds. The highest BCUT2D eigenvalue weighted by atomic mass is 32.1. The number of hydrogen-bond donors (Lipinski definition) is 1. The number of nitrogens with one attached hydrogen (secondary N) is 1. The standard InChI is InChI=1S/C24H32N4OS/c1-6-8-11-28-17(5)20(23(29)26-14-16(3)4)13-22(28)21-15-30-24(27-21)18-9-10-25-19(7-2)12-18/h9-10,12-13,15-16H,6-8,11,14H2,1-5H3,(H,26,29). The maximum atomic E-state index is 12.8. The van der Waals surface area contributed by atoms with Gasteiger partial charge in [-0.2, -0.15) is 0 Å². The average Bonchev–Trinajstić information content (AvgIpc) is 3.35. The molecule has 0 unspecified atom stereocenters. The molecule has 0 spiro atoms. The monoisotopic (exact) mass is 424 g/mol. The number of hydrogen-bond acceptors (Lipinski definition) is 4. The molecule has 0 saturated heterocycles. The van der Waals surface area contributed by atoms with Crippen molar-refractivity contribution in [1.29, 1.82) is 0 Å². The number of pyridine rings is 1. The fourth-order valence-electron chi connectivity index (χ4n) is 3.41. The van der Waals surface area contributed by atoms with Gasteiger partial charge < -0.3 is 9.88 Å². The van der Waals surface area contributed by atoms with Crippen LogP contribution in [-0.2, 0) is 13.0 Å². The first kappa shape index (κ1) is 22.2. The van der Waals surface area contributed by atoms with Crippen LogP contribution >= 0.6 is 11.3 Å². The number of thiazole rings is 1. The number of aromatic nitrogens is 3. The van der Waals surface area contributed by atoms with Gasteiger partial charge in [0.25, 0.3) is 5.91 Å². The van der Waals surface area contributed by atoms with Crippen LogP contribution in [0.5, 0.6) is 0 Å². The normalized spacial score (nSPS) is 11.3. The maximum absolute atomic E-state index is 12.8. The number of aryl methyl sites for hydroxylation is 1. The van der Waals surface area contributed by atoms with E-state index in [1.54, 1.807) is 11.3 Å². The van der Waals surface area contributed by atoms with Gasteiger partial charge in [0, 0.05) is 41.6 Å². The van der Waals surface area contributed by atoms with Crippen molar-refractivity contribution in [3.05, 3.63) is 46.7 Å². The van der Waals surface area contributed by atoms with Crippen molar-refractivity contribution in [2.24, 2.45) is 5.92 Å². The molecule has 3 rings (SSSR count). The quantitative estimate of drug-likeness (QED) is 0.477. The zero-order valence-electron chi connectivity index (χ0n) is 18.7. The predicted molar refractivity (Wildman–Crippen MR) is 125 cm³/mol. The molecule has 30 heavy (non-hydrogen) atoms. The minimum absolute atomic E-state index is 0.00475. The van der Waals surface area contributed by atoms with E-state index < -0.39 is 0 Å². The number of unbranched alkanes of at least 4 members (excludes halogenated alkanes) is 1. The summed E-state index contributed by atoms with van der Waals surface area (Å²) in [6.45, 7) is 12.1. The van der Waals surface area contributed by atoms with Gasteiger partial charge in [-0.25, -0.2) is 4.98 Å². The zero-order chi connectivity index (χ0) is 21.7. The van der Waals surface area contributed by atoms with Crippen LogP contribution in [0.25, 0.3) is 22.0 Å². The van der Waals surface area contributed by atoms with Crippen LogP contribution in [0.2, 0.25) is 0 Å². The molecule has 3 heterocycles. The average molecular weight is 425 g/mol. The molecule has 0 bridgehead atoms. The second-order valence-electron chi connectivity index (χ2n) is 8.07. The fraction of sp³-hybridized carbons (Fsp3) is 0.458. The minimum atomic E-state index is -0.00475. The summed E-state index contributed by atoms with van der Waals surface area (Å²) in [4.78, 5) is 22.1. The van der Waals surface area contributed by atoms with E-state index in [0.29, 0.717) is 12.5 Å². The summed E-state index contributed by atoms with van der Waals surface area (Å²) in [5.74, 6) is 0.417. The van der Waals surface area contributed by atoms with E-state index in [9.17, 15) is 4.79 Å². The molecule has 3 aromatic rings. The number of nitrogens with zero attached hydrogens (tertiary/aromatic N) is 3. The molecule has 6 heteroatoms. The summed E-state index contributed by atoms with van der Waals surface area (Å²) in [6.07, 6.45) is 4.92. The molecule has 5 nitrogen and oxygen atoms in total. The van der Waals surface area contributed by atoms with E-state index in [2.05, 4.69) is 54.0 Å². The molecular weight excluding hydrogens is 392 g/mol. The summed E-state index contributed by atoms with van der Waals surface area (Å²) in [6, 6.07) is 6.12. The summed E-state index contributed by atoms with van der Waals surface area (Å²) < 4.78 is 2.25. The van der Waals surface area contributed by atoms with Crippen molar-refractivity contribution in [2.75, 3.05) is 6.54 Å². The first-order chi connectivity index (χ1) is 14.4. The summed E-state index contributed by atoms with van der Waals surface area (Å²) >= 11 is 1.63. The third-order valence-corrected chi connectivity index (χ3v) is 6.10. The number of carbonyl (C=O) groups excluding carboxylic acids is 1. The highest BCUT2D eigenvalue weighted by molar-refractivity contribution is 7.13. The lowest BCUT2D eigenvalue weighted by atomic mass is 10.2. The molecule has 160 valence electrons. The molecule has 0 radical (unpaired) electrons. The van der Waals surface area contributed by atoms with Gasteiger partial charge in [-0.1, -0.05) is 34.1 Å². The highest BCUT2D eigenvalue weighted by Crippen LogP contribution is 2.32. The lowest BCUT2D eigenvalue weighted by molar-refractivity contribution is 0.0948. The van der Waals surface area contributed by atoms with Gasteiger partial charge in [0.1, 0.15) is 5.01 Å². The molecule has 0 aliphatic heterocycles. The maximum Gasteiger partial charge on any atom is 0.253 e. The molecule has 3 aromatic heterocycles. The molecule has 0 aliphatic rings. The van der Waals surface area contributed by atoms with Crippen LogP contribution in [0.4, 0.5) is 0 Å². The van der Waals surface area contributed by atoms with E-state index in [1.807, 2.05) is 25.3 Å². The van der Waals surface area contributed by atoms with Gasteiger partial charge >= 0.3 is 0 Å². The zero-order valence-corrected chi connectivity index (χ0v) is 19.5. The molecule has 0 fully saturated rings. The predicted octanol–water partition coefficient (Wildman–Crippen LogP) is 5.73. The van der Waals surface area contributed by atoms with E-state index in [-0.39, 0.29) is 5.91 Å². The molecule has 0 aromatic carbocycles. The van der Waals surface area contributed by atoms with Crippen molar-refractivity contribution in [2.45, 2.75) is 60.4 Å². The van der Waals surface area contributed by atoms with E-state index >= 15 is 0 Å². The lowest BCUT2D eigenvalue weighted by Crippen LogP contribution is -2.27. The molecule has 0 aliphatic carbocycles. The molecule has 0 saturated carbocycles. The molecule has 0 atom stereocenters. The largest absolute Gasteiger partial charge is 0.352 e. The van der Waals surface area contributed by atoms with Gasteiger partial charge in [0.15, 0.2) is 0 Å². The van der Waals surface area contributed by atoms with Crippen molar-refractivity contribution in [3.63, 3.8) is 0 Å². The van der Waals surface area contributed by atoms with Crippen molar-refractivity contribution in [1.82, 2.24) is 19.9 Å². The third kappa shape index (κ3) is 4.98. The van der Waals surface area contributed by atoms with Gasteiger partial charge in [-0.15, -0.1) is 11.3 Å². The van der Waals surface area contributed by atoms with Gasteiger partial charge in [-0.05, 0) is 43.9 Å². The Morgan fingerprint density at radius 3 is 2.77 bits per heavy atom. The number of carbonyl (C=O) groups is 1. The molecule has 1 N–H and O–H groups in total. The van der Waals surface area contributed by atoms with Gasteiger partial charge in [-0.3, -0.25) is 9.78 Å². The SMILES string of the molecule is CCCCn1c(-c2csc(-c3ccnc(CC)c3)n2)cc(C(=O)NCC(C)C)c1C. The van der Waals surface area contributed by atoms with E-state index in [1.165, 1.54) is 0 Å². The highest BCUT2D eigenvalue weighted by Gasteiger charge is 2.20. The summed E-state index contributed by atoms with van der Waals surface area (Å²) in [5.41, 5.74) is 5.85. The summed E-state index contributed by atoms with van der Waals surface area (Å²) in [7, 11) is 0.